The summed E-state index contributed by atoms with van der Waals surface area (Å²) in [4.78, 5) is 30.2. The zero-order valence-electron chi connectivity index (χ0n) is 15.6. The fourth-order valence-electron chi connectivity index (χ4n) is 3.41. The standard InChI is InChI=1S/C19H28N4O3/c1-15(21-7-9-22(10-8-21)16(2)24)19(25)20-17-3-5-18(6-4-17)23-11-13-26-14-12-23/h3-6,15H,7-14H2,1-2H3,(H,20,25)/t15-/m1/s1. The van der Waals surface area contributed by atoms with E-state index in [-0.39, 0.29) is 17.9 Å². The summed E-state index contributed by atoms with van der Waals surface area (Å²) in [6, 6.07) is 7.75. The predicted molar refractivity (Wildman–Crippen MR) is 101 cm³/mol. The van der Waals surface area contributed by atoms with Crippen LogP contribution in [0.3, 0.4) is 0 Å². The highest BCUT2D eigenvalue weighted by Crippen LogP contribution is 2.19. The molecule has 3 rings (SSSR count). The molecule has 0 unspecified atom stereocenters. The van der Waals surface area contributed by atoms with Crippen LogP contribution in [-0.2, 0) is 14.3 Å². The van der Waals surface area contributed by atoms with Crippen LogP contribution < -0.4 is 10.2 Å². The van der Waals surface area contributed by atoms with E-state index in [1.807, 2.05) is 36.1 Å². The number of morpholine rings is 1. The van der Waals surface area contributed by atoms with Crippen molar-refractivity contribution in [2.45, 2.75) is 19.9 Å². The van der Waals surface area contributed by atoms with Crippen molar-refractivity contribution in [3.05, 3.63) is 24.3 Å². The van der Waals surface area contributed by atoms with Crippen molar-refractivity contribution < 1.29 is 14.3 Å². The Morgan fingerprint density at radius 1 is 1.00 bits per heavy atom. The van der Waals surface area contributed by atoms with E-state index in [4.69, 9.17) is 4.74 Å². The van der Waals surface area contributed by atoms with Crippen molar-refractivity contribution in [3.63, 3.8) is 0 Å². The van der Waals surface area contributed by atoms with E-state index in [0.29, 0.717) is 13.1 Å². The SMILES string of the molecule is CC(=O)N1CCN([C@H](C)C(=O)Nc2ccc(N3CCOCC3)cc2)CC1. The summed E-state index contributed by atoms with van der Waals surface area (Å²) >= 11 is 0. The molecule has 1 aromatic carbocycles. The number of hydrogen-bond donors (Lipinski definition) is 1. The zero-order valence-corrected chi connectivity index (χ0v) is 15.6. The van der Waals surface area contributed by atoms with Crippen molar-refractivity contribution in [2.24, 2.45) is 0 Å². The molecule has 142 valence electrons. The van der Waals surface area contributed by atoms with Gasteiger partial charge in [-0.15, -0.1) is 0 Å². The number of amides is 2. The average molecular weight is 360 g/mol. The van der Waals surface area contributed by atoms with Crippen molar-refractivity contribution in [1.82, 2.24) is 9.80 Å². The highest BCUT2D eigenvalue weighted by molar-refractivity contribution is 5.94. The molecule has 2 amide bonds. The molecule has 0 spiro atoms. The lowest BCUT2D eigenvalue weighted by Crippen LogP contribution is -2.53. The van der Waals surface area contributed by atoms with Crippen LogP contribution in [0.1, 0.15) is 13.8 Å². The highest BCUT2D eigenvalue weighted by Gasteiger charge is 2.26. The van der Waals surface area contributed by atoms with Gasteiger partial charge in [0.1, 0.15) is 0 Å². The number of nitrogens with zero attached hydrogens (tertiary/aromatic N) is 3. The maximum Gasteiger partial charge on any atom is 0.241 e. The first-order valence-corrected chi connectivity index (χ1v) is 9.28. The molecule has 2 fully saturated rings. The lowest BCUT2D eigenvalue weighted by molar-refractivity contribution is -0.131. The van der Waals surface area contributed by atoms with Gasteiger partial charge in [-0.05, 0) is 31.2 Å². The topological polar surface area (TPSA) is 65.1 Å². The Balaban J connectivity index is 1.51. The average Bonchev–Trinajstić information content (AvgIpc) is 2.68. The molecule has 1 aromatic rings. The van der Waals surface area contributed by atoms with Crippen LogP contribution in [0.15, 0.2) is 24.3 Å². The number of piperazine rings is 1. The first kappa shape index (κ1) is 18.7. The Morgan fingerprint density at radius 2 is 1.62 bits per heavy atom. The van der Waals surface area contributed by atoms with Crippen molar-refractivity contribution in [2.75, 3.05) is 62.7 Å². The first-order valence-electron chi connectivity index (χ1n) is 9.28. The fourth-order valence-corrected chi connectivity index (χ4v) is 3.41. The third-order valence-electron chi connectivity index (χ3n) is 5.20. The molecule has 7 nitrogen and oxygen atoms in total. The Hall–Kier alpha value is -2.12. The molecule has 1 atom stereocenters. The van der Waals surface area contributed by atoms with Crippen LogP contribution in [0.5, 0.6) is 0 Å². The smallest absolute Gasteiger partial charge is 0.241 e. The van der Waals surface area contributed by atoms with E-state index in [0.717, 1.165) is 50.8 Å². The third-order valence-corrected chi connectivity index (χ3v) is 5.20. The number of ether oxygens (including phenoxy) is 1. The molecule has 0 aromatic heterocycles. The van der Waals surface area contributed by atoms with Gasteiger partial charge in [0.2, 0.25) is 11.8 Å². The lowest BCUT2D eigenvalue weighted by atomic mass is 10.2. The maximum absolute atomic E-state index is 12.6. The molecule has 0 saturated carbocycles. The summed E-state index contributed by atoms with van der Waals surface area (Å²) in [5, 5.41) is 3.00. The van der Waals surface area contributed by atoms with Crippen molar-refractivity contribution in [1.29, 1.82) is 0 Å². The molecule has 2 aliphatic rings. The summed E-state index contributed by atoms with van der Waals surface area (Å²) in [6.07, 6.45) is 0. The molecule has 0 bridgehead atoms. The van der Waals surface area contributed by atoms with Crippen molar-refractivity contribution >= 4 is 23.2 Å². The molecule has 2 heterocycles. The van der Waals surface area contributed by atoms with E-state index in [1.165, 1.54) is 0 Å². The number of nitrogens with one attached hydrogen (secondary N) is 1. The largest absolute Gasteiger partial charge is 0.378 e. The second kappa shape index (κ2) is 8.51. The van der Waals surface area contributed by atoms with Crippen LogP contribution in [0.4, 0.5) is 11.4 Å². The number of rotatable bonds is 4. The van der Waals surface area contributed by atoms with Gasteiger partial charge in [0.25, 0.3) is 0 Å². The molecule has 2 aliphatic heterocycles. The summed E-state index contributed by atoms with van der Waals surface area (Å²) in [6.45, 7) is 9.63. The van der Waals surface area contributed by atoms with Crippen LogP contribution in [-0.4, -0.2) is 80.1 Å². The Kier molecular flexibility index (Phi) is 6.11. The van der Waals surface area contributed by atoms with E-state index < -0.39 is 0 Å². The minimum Gasteiger partial charge on any atom is -0.378 e. The number of hydrogen-bond acceptors (Lipinski definition) is 5. The molecular weight excluding hydrogens is 332 g/mol. The quantitative estimate of drug-likeness (QED) is 0.868. The summed E-state index contributed by atoms with van der Waals surface area (Å²) in [5.74, 6) is 0.0857. The lowest BCUT2D eigenvalue weighted by Gasteiger charge is -2.37. The second-order valence-corrected chi connectivity index (χ2v) is 6.85. The molecule has 0 radical (unpaired) electrons. The Labute approximate surface area is 154 Å². The minimum absolute atomic E-state index is 0.0135. The van der Waals surface area contributed by atoms with Gasteiger partial charge in [-0.25, -0.2) is 0 Å². The summed E-state index contributed by atoms with van der Waals surface area (Å²) < 4.78 is 5.38. The van der Waals surface area contributed by atoms with Gasteiger partial charge in [0.15, 0.2) is 0 Å². The van der Waals surface area contributed by atoms with Gasteiger partial charge >= 0.3 is 0 Å². The van der Waals surface area contributed by atoms with Crippen LogP contribution in [0.2, 0.25) is 0 Å². The fraction of sp³-hybridized carbons (Fsp3) is 0.579. The molecule has 0 aliphatic carbocycles. The minimum atomic E-state index is -0.219. The number of benzene rings is 1. The number of carbonyl (C=O) groups excluding carboxylic acids is 2. The van der Waals surface area contributed by atoms with Gasteiger partial charge in [-0.2, -0.15) is 0 Å². The molecular formula is C19H28N4O3. The predicted octanol–water partition coefficient (Wildman–Crippen LogP) is 1.01. The summed E-state index contributed by atoms with van der Waals surface area (Å²) in [7, 11) is 0. The summed E-state index contributed by atoms with van der Waals surface area (Å²) in [5.41, 5.74) is 1.96. The number of carbonyl (C=O) groups is 2. The van der Waals surface area contributed by atoms with E-state index >= 15 is 0 Å². The van der Waals surface area contributed by atoms with Gasteiger partial charge < -0.3 is 19.9 Å². The van der Waals surface area contributed by atoms with E-state index in [9.17, 15) is 9.59 Å². The Morgan fingerprint density at radius 3 is 2.19 bits per heavy atom. The zero-order chi connectivity index (χ0) is 18.5. The molecule has 1 N–H and O–H groups in total. The first-order chi connectivity index (χ1) is 12.5. The van der Waals surface area contributed by atoms with Crippen LogP contribution in [0, 0.1) is 0 Å². The monoisotopic (exact) mass is 360 g/mol. The Bertz CT molecular complexity index is 620. The van der Waals surface area contributed by atoms with Gasteiger partial charge in [-0.3, -0.25) is 14.5 Å². The highest BCUT2D eigenvalue weighted by atomic mass is 16.5. The third kappa shape index (κ3) is 4.53. The normalized spacial score (nSPS) is 19.9. The van der Waals surface area contributed by atoms with Crippen LogP contribution in [0.25, 0.3) is 0 Å². The molecule has 26 heavy (non-hydrogen) atoms. The van der Waals surface area contributed by atoms with Gasteiger partial charge in [-0.1, -0.05) is 0 Å². The molecule has 2 saturated heterocycles. The van der Waals surface area contributed by atoms with Crippen molar-refractivity contribution in [3.8, 4) is 0 Å². The van der Waals surface area contributed by atoms with Gasteiger partial charge in [0, 0.05) is 57.6 Å². The maximum atomic E-state index is 12.6. The van der Waals surface area contributed by atoms with E-state index in [1.54, 1.807) is 6.92 Å². The number of anilines is 2. The van der Waals surface area contributed by atoms with E-state index in [2.05, 4.69) is 15.1 Å². The van der Waals surface area contributed by atoms with Crippen LogP contribution >= 0.6 is 0 Å². The second-order valence-electron chi connectivity index (χ2n) is 6.85. The van der Waals surface area contributed by atoms with Gasteiger partial charge in [0.05, 0.1) is 19.3 Å². The molecule has 7 heteroatoms.